The lowest BCUT2D eigenvalue weighted by molar-refractivity contribution is -0.160. The van der Waals surface area contributed by atoms with E-state index in [4.69, 9.17) is 4.74 Å². The van der Waals surface area contributed by atoms with Crippen molar-refractivity contribution < 1.29 is 19.1 Å². The Labute approximate surface area is 200 Å². The molecule has 6 aliphatic heterocycles. The molecule has 0 aromatic heterocycles. The number of carbonyl (C=O) groups is 3. The van der Waals surface area contributed by atoms with Gasteiger partial charge in [-0.25, -0.2) is 0 Å². The van der Waals surface area contributed by atoms with Crippen LogP contribution in [0.25, 0.3) is 0 Å². The zero-order chi connectivity index (χ0) is 24.1. The van der Waals surface area contributed by atoms with Gasteiger partial charge in [0.05, 0.1) is 28.6 Å². The summed E-state index contributed by atoms with van der Waals surface area (Å²) in [7, 11) is 0. The minimum Gasteiger partial charge on any atom is -0.487 e. The van der Waals surface area contributed by atoms with Crippen LogP contribution in [0.2, 0.25) is 0 Å². The van der Waals surface area contributed by atoms with Crippen LogP contribution in [0.5, 0.6) is 5.75 Å². The van der Waals surface area contributed by atoms with Crippen molar-refractivity contribution in [2.75, 3.05) is 18.4 Å². The highest BCUT2D eigenvalue weighted by Gasteiger charge is 2.78. The Balaban J connectivity index is 1.41. The van der Waals surface area contributed by atoms with Gasteiger partial charge in [0.25, 0.3) is 0 Å². The number of Topliss-reactive ketones (excluding diaryl/α,β-unsaturated/α-hetero) is 1. The Morgan fingerprint density at radius 1 is 1.09 bits per heavy atom. The number of carbonyl (C=O) groups excluding carboxylic acids is 3. The summed E-state index contributed by atoms with van der Waals surface area (Å²) in [5, 5.41) is 6.61. The normalized spacial score (nSPS) is 42.6. The number of piperazine rings is 1. The Hall–Kier alpha value is -2.41. The number of benzene rings is 1. The zero-order valence-electron chi connectivity index (χ0n) is 20.6. The van der Waals surface area contributed by atoms with Crippen LogP contribution in [0.4, 0.5) is 5.69 Å². The number of ketones is 1. The number of anilines is 1. The molecule has 1 aromatic carbocycles. The highest BCUT2D eigenvalue weighted by atomic mass is 16.5. The Bertz CT molecular complexity index is 1220. The van der Waals surface area contributed by atoms with E-state index in [1.54, 1.807) is 0 Å². The van der Waals surface area contributed by atoms with E-state index < -0.39 is 27.5 Å². The minimum absolute atomic E-state index is 0.00872. The Kier molecular flexibility index (Phi) is 3.50. The largest absolute Gasteiger partial charge is 0.487 e. The van der Waals surface area contributed by atoms with E-state index in [1.165, 1.54) is 0 Å². The first-order chi connectivity index (χ1) is 15.9. The van der Waals surface area contributed by atoms with Crippen LogP contribution in [-0.4, -0.2) is 52.3 Å². The first-order valence-electron chi connectivity index (χ1n) is 12.7. The molecule has 0 radical (unpaired) electrons. The number of nitrogens with one attached hydrogen (secondary N) is 2. The van der Waals surface area contributed by atoms with Crippen LogP contribution in [0.3, 0.4) is 0 Å². The summed E-state index contributed by atoms with van der Waals surface area (Å²) in [6.07, 6.45) is 2.66. The maximum Gasteiger partial charge on any atom is 0.241 e. The fraction of sp³-hybridized carbons (Fsp3) is 0.667. The zero-order valence-corrected chi connectivity index (χ0v) is 20.6. The van der Waals surface area contributed by atoms with Crippen LogP contribution < -0.4 is 15.4 Å². The second-order valence-electron chi connectivity index (χ2n) is 13.0. The van der Waals surface area contributed by atoms with E-state index in [1.807, 2.05) is 26.0 Å². The summed E-state index contributed by atoms with van der Waals surface area (Å²) in [6.45, 7) is 12.2. The van der Waals surface area contributed by atoms with Gasteiger partial charge < -0.3 is 15.4 Å². The smallest absolute Gasteiger partial charge is 0.241 e. The van der Waals surface area contributed by atoms with Gasteiger partial charge in [-0.1, -0.05) is 26.8 Å². The van der Waals surface area contributed by atoms with E-state index in [-0.39, 0.29) is 29.9 Å². The topological polar surface area (TPSA) is 87.7 Å². The molecule has 6 heterocycles. The van der Waals surface area contributed by atoms with Gasteiger partial charge in [0.15, 0.2) is 5.78 Å². The van der Waals surface area contributed by atoms with Gasteiger partial charge in [0, 0.05) is 6.54 Å². The fourth-order valence-electron chi connectivity index (χ4n) is 9.09. The molecule has 2 bridgehead atoms. The molecule has 1 aliphatic carbocycles. The van der Waals surface area contributed by atoms with Gasteiger partial charge in [-0.2, -0.15) is 0 Å². The van der Waals surface area contributed by atoms with E-state index >= 15 is 0 Å². The molecule has 1 aromatic rings. The average Bonchev–Trinajstić information content (AvgIpc) is 3.28. The second-order valence-corrected chi connectivity index (χ2v) is 13.0. The van der Waals surface area contributed by atoms with Crippen molar-refractivity contribution in [2.24, 2.45) is 17.3 Å². The fourth-order valence-corrected chi connectivity index (χ4v) is 9.09. The summed E-state index contributed by atoms with van der Waals surface area (Å²) in [5.41, 5.74) is -0.650. The SMILES string of the molecule is C[C@H]1CCN2C[C@]34C[C@]5(C(=O)Nc6c5ccc5c6C(=O)CC(C)(C)O5)C(C)(C)[C@@H]3C[C@]12C(=O)N4. The number of hydrogen-bond acceptors (Lipinski definition) is 5. The van der Waals surface area contributed by atoms with Crippen molar-refractivity contribution in [2.45, 2.75) is 82.4 Å². The molecule has 1 saturated carbocycles. The lowest BCUT2D eigenvalue weighted by atomic mass is 9.56. The lowest BCUT2D eigenvalue weighted by Gasteiger charge is -2.61. The predicted molar refractivity (Wildman–Crippen MR) is 126 cm³/mol. The quantitative estimate of drug-likeness (QED) is 0.618. The van der Waals surface area contributed by atoms with Crippen molar-refractivity contribution in [1.29, 1.82) is 0 Å². The maximum atomic E-state index is 14.0. The van der Waals surface area contributed by atoms with Crippen molar-refractivity contribution in [3.8, 4) is 5.75 Å². The van der Waals surface area contributed by atoms with Crippen LogP contribution in [0.1, 0.15) is 76.2 Å². The van der Waals surface area contributed by atoms with E-state index in [2.05, 4.69) is 36.3 Å². The molecule has 4 saturated heterocycles. The van der Waals surface area contributed by atoms with E-state index in [0.29, 0.717) is 29.3 Å². The minimum atomic E-state index is -0.808. The third kappa shape index (κ3) is 2.01. The molecule has 2 amide bonds. The van der Waals surface area contributed by atoms with Crippen LogP contribution in [0.15, 0.2) is 12.1 Å². The average molecular weight is 464 g/mol. The molecular weight excluding hydrogens is 430 g/mol. The highest BCUT2D eigenvalue weighted by molar-refractivity contribution is 6.15. The molecule has 0 unspecified atom stereocenters. The molecule has 7 heteroatoms. The van der Waals surface area contributed by atoms with E-state index in [9.17, 15) is 14.4 Å². The van der Waals surface area contributed by atoms with Crippen LogP contribution >= 0.6 is 0 Å². The van der Waals surface area contributed by atoms with Gasteiger partial charge in [-0.3, -0.25) is 19.3 Å². The number of piperidine rings is 2. The number of nitrogens with zero attached hydrogens (tertiary/aromatic N) is 1. The van der Waals surface area contributed by atoms with Gasteiger partial charge in [-0.05, 0) is 68.5 Å². The predicted octanol–water partition coefficient (Wildman–Crippen LogP) is 3.02. The first-order valence-corrected chi connectivity index (χ1v) is 12.7. The molecule has 5 fully saturated rings. The Morgan fingerprint density at radius 3 is 2.62 bits per heavy atom. The number of rotatable bonds is 0. The molecule has 5 atom stereocenters. The highest BCUT2D eigenvalue weighted by Crippen LogP contribution is 2.70. The summed E-state index contributed by atoms with van der Waals surface area (Å²) < 4.78 is 6.14. The van der Waals surface area contributed by atoms with Crippen molar-refractivity contribution in [3.05, 3.63) is 23.3 Å². The van der Waals surface area contributed by atoms with Crippen LogP contribution in [0, 0.1) is 17.3 Å². The molecule has 3 spiro atoms. The molecule has 7 aliphatic rings. The Morgan fingerprint density at radius 2 is 1.85 bits per heavy atom. The maximum absolute atomic E-state index is 14.0. The number of ether oxygens (including phenoxy) is 1. The summed E-state index contributed by atoms with van der Waals surface area (Å²) in [5.74, 6) is 1.12. The number of hydrogen-bond donors (Lipinski definition) is 2. The molecule has 7 nitrogen and oxygen atoms in total. The van der Waals surface area contributed by atoms with Crippen LogP contribution in [-0.2, 0) is 15.0 Å². The second kappa shape index (κ2) is 5.69. The third-order valence-electron chi connectivity index (χ3n) is 10.7. The van der Waals surface area contributed by atoms with Crippen molar-refractivity contribution >= 4 is 23.3 Å². The van der Waals surface area contributed by atoms with Crippen molar-refractivity contribution in [1.82, 2.24) is 10.2 Å². The summed E-state index contributed by atoms with van der Waals surface area (Å²) >= 11 is 0. The number of amides is 2. The van der Waals surface area contributed by atoms with Gasteiger partial charge in [-0.15, -0.1) is 0 Å². The molecule has 180 valence electrons. The molecule has 34 heavy (non-hydrogen) atoms. The monoisotopic (exact) mass is 463 g/mol. The van der Waals surface area contributed by atoms with Gasteiger partial charge >= 0.3 is 0 Å². The van der Waals surface area contributed by atoms with Crippen molar-refractivity contribution in [3.63, 3.8) is 0 Å². The summed E-state index contributed by atoms with van der Waals surface area (Å²) in [6, 6.07) is 3.87. The summed E-state index contributed by atoms with van der Waals surface area (Å²) in [4.78, 5) is 43.2. The molecule has 2 N–H and O–H groups in total. The van der Waals surface area contributed by atoms with E-state index in [0.717, 1.165) is 31.5 Å². The lowest BCUT2D eigenvalue weighted by Crippen LogP contribution is -2.79. The molecular formula is C27H33N3O4. The standard InChI is InChI=1S/C27H33N3O4/c1-14-8-9-30-13-25-12-26(24(4,5)18(25)11-27(14,30)22(33)29-25)15-6-7-17-19(20(15)28-21(26)32)16(31)10-23(2,3)34-17/h6-7,14,18H,8-13H2,1-5H3,(H,28,32)(H,29,33)/t14-,18-,25+,26-,27+/m0/s1. The molecule has 8 rings (SSSR count). The van der Waals surface area contributed by atoms with Gasteiger partial charge in [0.2, 0.25) is 11.8 Å². The van der Waals surface area contributed by atoms with Gasteiger partial charge in [0.1, 0.15) is 16.9 Å². The number of fused-ring (bicyclic) bond motifs is 5. The first kappa shape index (κ1) is 20.9. The third-order valence-corrected chi connectivity index (χ3v) is 10.7.